The molecule has 286 valence electrons. The van der Waals surface area contributed by atoms with Crippen LogP contribution in [0.4, 0.5) is 5.69 Å². The van der Waals surface area contributed by atoms with E-state index in [2.05, 4.69) is 133 Å². The van der Waals surface area contributed by atoms with E-state index in [0.717, 1.165) is 83.5 Å². The molecule has 0 N–H and O–H groups in total. The van der Waals surface area contributed by atoms with Crippen LogP contribution in [0, 0.1) is 17.9 Å². The Labute approximate surface area is 355 Å². The number of pyridine rings is 1. The van der Waals surface area contributed by atoms with Gasteiger partial charge in [-0.05, 0) is 109 Å². The number of fused-ring (bicyclic) bond motifs is 3. The molecule has 1 aliphatic carbocycles. The highest BCUT2D eigenvalue weighted by Crippen LogP contribution is 2.53. The fraction of sp³-hybridized carbons (Fsp3) is 0.0545. The van der Waals surface area contributed by atoms with Crippen LogP contribution in [0.15, 0.2) is 182 Å². The molecule has 0 saturated heterocycles. The Balaban J connectivity index is 1.14. The summed E-state index contributed by atoms with van der Waals surface area (Å²) >= 11 is 0. The second-order valence-corrected chi connectivity index (χ2v) is 15.8. The van der Waals surface area contributed by atoms with Gasteiger partial charge in [0.15, 0.2) is 23.2 Å². The molecule has 6 heteroatoms. The lowest BCUT2D eigenvalue weighted by atomic mass is 9.81. The summed E-state index contributed by atoms with van der Waals surface area (Å²) in [6.07, 6.45) is 3.66. The third kappa shape index (κ3) is 6.83. The van der Waals surface area contributed by atoms with Crippen LogP contribution in [0.1, 0.15) is 30.5 Å². The van der Waals surface area contributed by atoms with E-state index in [1.54, 1.807) is 12.3 Å². The van der Waals surface area contributed by atoms with Crippen molar-refractivity contribution < 1.29 is 0 Å². The monoisotopic (exact) mass is 780 g/mol. The Morgan fingerprint density at radius 1 is 0.475 bits per heavy atom. The van der Waals surface area contributed by atoms with Gasteiger partial charge in [0.05, 0.1) is 12.6 Å². The minimum atomic E-state index is -0.431. The fourth-order valence-corrected chi connectivity index (χ4v) is 8.43. The van der Waals surface area contributed by atoms with Crippen LogP contribution in [-0.2, 0) is 5.41 Å². The SMILES string of the molecule is [C-]#[N+]c1cc(C#N)cc2c1-c1ccc(-c3cc(-c4ccc(-c5cccnc5)cc4)cc(-c4nc(-c5ccccc5)nc(-c5ccc(-c6ccccc6)cc5)n4)c3)cc1C2(C)C. The van der Waals surface area contributed by atoms with Crippen LogP contribution in [-0.4, -0.2) is 19.9 Å². The Morgan fingerprint density at radius 2 is 0.967 bits per heavy atom. The van der Waals surface area contributed by atoms with Gasteiger partial charge in [-0.15, -0.1) is 0 Å². The number of hydrogen-bond acceptors (Lipinski definition) is 5. The van der Waals surface area contributed by atoms with Gasteiger partial charge in [0.2, 0.25) is 0 Å². The number of hydrogen-bond donors (Lipinski definition) is 0. The molecule has 0 atom stereocenters. The van der Waals surface area contributed by atoms with E-state index in [-0.39, 0.29) is 0 Å². The van der Waals surface area contributed by atoms with Crippen molar-refractivity contribution in [3.05, 3.63) is 210 Å². The number of aromatic nitrogens is 4. The highest BCUT2D eigenvalue weighted by molar-refractivity contribution is 5.93. The maximum Gasteiger partial charge on any atom is 0.196 e. The molecule has 6 nitrogen and oxygen atoms in total. The average molecular weight is 781 g/mol. The Bertz CT molecular complexity index is 3200. The number of nitriles is 1. The lowest BCUT2D eigenvalue weighted by Crippen LogP contribution is -2.15. The van der Waals surface area contributed by atoms with Gasteiger partial charge < -0.3 is 0 Å². The zero-order chi connectivity index (χ0) is 41.5. The molecule has 0 amide bonds. The van der Waals surface area contributed by atoms with Gasteiger partial charge in [-0.1, -0.05) is 141 Å². The van der Waals surface area contributed by atoms with Crippen LogP contribution in [0.3, 0.4) is 0 Å². The van der Waals surface area contributed by atoms with Gasteiger partial charge in [0, 0.05) is 40.1 Å². The highest BCUT2D eigenvalue weighted by atomic mass is 15.0. The van der Waals surface area contributed by atoms with E-state index < -0.39 is 5.41 Å². The van der Waals surface area contributed by atoms with Crippen molar-refractivity contribution in [2.24, 2.45) is 0 Å². The molecular formula is C55H36N6. The molecule has 7 aromatic carbocycles. The van der Waals surface area contributed by atoms with Crippen molar-refractivity contribution in [1.29, 1.82) is 5.26 Å². The van der Waals surface area contributed by atoms with Crippen molar-refractivity contribution in [2.75, 3.05) is 0 Å². The zero-order valence-electron chi connectivity index (χ0n) is 33.5. The van der Waals surface area contributed by atoms with Gasteiger partial charge in [-0.2, -0.15) is 5.26 Å². The second-order valence-electron chi connectivity index (χ2n) is 15.8. The quantitative estimate of drug-likeness (QED) is 0.150. The van der Waals surface area contributed by atoms with Crippen molar-refractivity contribution >= 4 is 5.69 Å². The molecule has 61 heavy (non-hydrogen) atoms. The Kier molecular flexibility index (Phi) is 9.17. The van der Waals surface area contributed by atoms with Crippen LogP contribution >= 0.6 is 0 Å². The Hall–Kier alpha value is -8.32. The smallest absolute Gasteiger partial charge is 0.196 e. The van der Waals surface area contributed by atoms with Gasteiger partial charge in [-0.25, -0.2) is 19.8 Å². The summed E-state index contributed by atoms with van der Waals surface area (Å²) in [7, 11) is 0. The molecule has 0 fully saturated rings. The summed E-state index contributed by atoms with van der Waals surface area (Å²) in [5.41, 5.74) is 15.7. The van der Waals surface area contributed by atoms with Crippen LogP contribution in [0.25, 0.3) is 94.6 Å². The summed E-state index contributed by atoms with van der Waals surface area (Å²) in [5, 5.41) is 9.83. The number of rotatable bonds is 7. The predicted octanol–water partition coefficient (Wildman–Crippen LogP) is 13.7. The largest absolute Gasteiger partial charge is 0.264 e. The van der Waals surface area contributed by atoms with Crippen LogP contribution in [0.2, 0.25) is 0 Å². The summed E-state index contributed by atoms with van der Waals surface area (Å²) in [6.45, 7) is 12.3. The van der Waals surface area contributed by atoms with Crippen LogP contribution in [0.5, 0.6) is 0 Å². The minimum Gasteiger partial charge on any atom is -0.264 e. The first-order chi connectivity index (χ1) is 29.9. The van der Waals surface area contributed by atoms with Gasteiger partial charge in [0.1, 0.15) is 0 Å². The summed E-state index contributed by atoms with van der Waals surface area (Å²) < 4.78 is 0. The summed E-state index contributed by atoms with van der Waals surface area (Å²) in [4.78, 5) is 23.6. The van der Waals surface area contributed by atoms with E-state index in [0.29, 0.717) is 28.7 Å². The van der Waals surface area contributed by atoms with Crippen molar-refractivity contribution in [3.8, 4) is 95.9 Å². The average Bonchev–Trinajstić information content (AvgIpc) is 3.56. The first-order valence-corrected chi connectivity index (χ1v) is 20.1. The molecule has 1 aliphatic rings. The molecule has 0 unspecified atom stereocenters. The summed E-state index contributed by atoms with van der Waals surface area (Å²) in [6, 6.07) is 60.3. The van der Waals surface area contributed by atoms with E-state index in [4.69, 9.17) is 21.5 Å². The van der Waals surface area contributed by atoms with E-state index >= 15 is 0 Å². The third-order valence-electron chi connectivity index (χ3n) is 11.7. The van der Waals surface area contributed by atoms with E-state index in [9.17, 15) is 5.26 Å². The number of benzene rings is 7. The van der Waals surface area contributed by atoms with Crippen molar-refractivity contribution in [1.82, 2.24) is 19.9 Å². The topological polar surface area (TPSA) is 79.7 Å². The standard InChI is InChI=1S/C55H36N6/c1-55(2)48-32-42(24-25-47(48)51-49(55)27-35(33-56)28-50(51)57-3)45-29-44(39-18-16-38(17-19-39)43-15-10-26-58-34-43)30-46(31-45)54-60-52(40-13-8-5-9-14-40)59-53(61-54)41-22-20-37(21-23-41)36-11-6-4-7-12-36/h4-32,34H,1-2H3. The highest BCUT2D eigenvalue weighted by Gasteiger charge is 2.37. The molecule has 0 spiro atoms. The fourth-order valence-electron chi connectivity index (χ4n) is 8.43. The molecule has 0 aliphatic heterocycles. The van der Waals surface area contributed by atoms with E-state index in [1.807, 2.05) is 66.9 Å². The molecule has 9 aromatic rings. The number of nitrogens with zero attached hydrogens (tertiary/aromatic N) is 6. The van der Waals surface area contributed by atoms with Crippen molar-refractivity contribution in [3.63, 3.8) is 0 Å². The third-order valence-corrected chi connectivity index (χ3v) is 11.7. The maximum atomic E-state index is 9.83. The second kappa shape index (κ2) is 15.1. The first-order valence-electron chi connectivity index (χ1n) is 20.1. The predicted molar refractivity (Wildman–Crippen MR) is 244 cm³/mol. The molecule has 2 aromatic heterocycles. The van der Waals surface area contributed by atoms with Crippen LogP contribution < -0.4 is 0 Å². The molecule has 10 rings (SSSR count). The van der Waals surface area contributed by atoms with Crippen molar-refractivity contribution in [2.45, 2.75) is 19.3 Å². The van der Waals surface area contributed by atoms with E-state index in [1.165, 1.54) is 0 Å². The summed E-state index contributed by atoms with van der Waals surface area (Å²) in [5.74, 6) is 1.73. The molecule has 0 bridgehead atoms. The lowest BCUT2D eigenvalue weighted by Gasteiger charge is -2.22. The molecular weight excluding hydrogens is 745 g/mol. The Morgan fingerprint density at radius 3 is 1.57 bits per heavy atom. The van der Waals surface area contributed by atoms with Gasteiger partial charge >= 0.3 is 0 Å². The minimum absolute atomic E-state index is 0.431. The van der Waals surface area contributed by atoms with Gasteiger partial charge in [-0.3, -0.25) is 4.98 Å². The maximum absolute atomic E-state index is 9.83. The normalized spacial score (nSPS) is 12.2. The lowest BCUT2D eigenvalue weighted by molar-refractivity contribution is 0.660. The molecule has 0 radical (unpaired) electrons. The first kappa shape index (κ1) is 37.0. The molecule has 0 saturated carbocycles. The zero-order valence-corrected chi connectivity index (χ0v) is 33.5. The van der Waals surface area contributed by atoms with Gasteiger partial charge in [0.25, 0.3) is 0 Å². The molecule has 2 heterocycles.